The lowest BCUT2D eigenvalue weighted by atomic mass is 10.0. The summed E-state index contributed by atoms with van der Waals surface area (Å²) in [5, 5.41) is 11.1. The number of ether oxygens (including phenoxy) is 1. The molecule has 0 amide bonds. The quantitative estimate of drug-likeness (QED) is 0.838. The van der Waals surface area contributed by atoms with Crippen molar-refractivity contribution in [2.45, 2.75) is 6.42 Å². The number of nitrogens with zero attached hydrogens (tertiary/aromatic N) is 3. The maximum Gasteiger partial charge on any atom is 0.341 e. The average molecular weight is 377 g/mol. The molecule has 1 N–H and O–H groups in total. The summed E-state index contributed by atoms with van der Waals surface area (Å²) in [6.07, 6.45) is 10.4. The molecule has 144 valence electrons. The molecule has 0 saturated carbocycles. The SMILES string of the molecule is O=C(O)COC1=CC=c2c(cccc2=CN2CCN(c3ccncc3)CC2)C1. The Hall–Kier alpha value is -3.28. The molecule has 6 nitrogen and oxygen atoms in total. The molecule has 6 heteroatoms. The summed E-state index contributed by atoms with van der Waals surface area (Å²) in [6, 6.07) is 10.4. The number of carboxylic acids is 1. The number of rotatable bonds is 5. The van der Waals surface area contributed by atoms with Gasteiger partial charge in [-0.05, 0) is 34.2 Å². The number of piperazine rings is 1. The van der Waals surface area contributed by atoms with Crippen molar-refractivity contribution in [3.63, 3.8) is 0 Å². The largest absolute Gasteiger partial charge is 0.486 e. The van der Waals surface area contributed by atoms with Crippen LogP contribution in [0.5, 0.6) is 0 Å². The molecular formula is C22H23N3O3. The fraction of sp³-hybridized carbons (Fsp3) is 0.273. The summed E-state index contributed by atoms with van der Waals surface area (Å²) in [5.74, 6) is -0.266. The number of anilines is 1. The normalized spacial score (nSPS) is 16.9. The molecule has 0 radical (unpaired) electrons. The molecule has 1 aromatic heterocycles. The number of hydrogen-bond acceptors (Lipinski definition) is 5. The van der Waals surface area contributed by atoms with Crippen LogP contribution in [-0.2, 0) is 16.0 Å². The van der Waals surface area contributed by atoms with Gasteiger partial charge in [0.05, 0.1) is 0 Å². The van der Waals surface area contributed by atoms with Crippen molar-refractivity contribution >= 4 is 23.9 Å². The van der Waals surface area contributed by atoms with Gasteiger partial charge in [0, 0.05) is 56.9 Å². The molecule has 0 atom stereocenters. The molecule has 2 aliphatic rings. The first-order chi connectivity index (χ1) is 13.7. The number of allylic oxidation sites excluding steroid dienone is 2. The summed E-state index contributed by atoms with van der Waals surface area (Å²) in [7, 11) is 0. The highest BCUT2D eigenvalue weighted by Crippen LogP contribution is 2.15. The first-order valence-electron chi connectivity index (χ1n) is 9.43. The van der Waals surface area contributed by atoms with Crippen molar-refractivity contribution < 1.29 is 14.6 Å². The predicted octanol–water partition coefficient (Wildman–Crippen LogP) is 0.963. The molecule has 1 saturated heterocycles. The Bertz CT molecular complexity index is 993. The van der Waals surface area contributed by atoms with Gasteiger partial charge in [0.1, 0.15) is 5.76 Å². The summed E-state index contributed by atoms with van der Waals surface area (Å²) >= 11 is 0. The lowest BCUT2D eigenvalue weighted by molar-refractivity contribution is -0.140. The fourth-order valence-electron chi connectivity index (χ4n) is 3.64. The monoisotopic (exact) mass is 377 g/mol. The van der Waals surface area contributed by atoms with E-state index in [2.05, 4.69) is 45.2 Å². The number of fused-ring (bicyclic) bond motifs is 1. The van der Waals surface area contributed by atoms with Crippen LogP contribution >= 0.6 is 0 Å². The van der Waals surface area contributed by atoms with E-state index in [9.17, 15) is 4.79 Å². The van der Waals surface area contributed by atoms with Crippen molar-refractivity contribution in [2.75, 3.05) is 37.7 Å². The van der Waals surface area contributed by atoms with E-state index >= 15 is 0 Å². The summed E-state index contributed by atoms with van der Waals surface area (Å²) in [6.45, 7) is 3.59. The Morgan fingerprint density at radius 1 is 1.11 bits per heavy atom. The van der Waals surface area contributed by atoms with Crippen molar-refractivity contribution in [1.29, 1.82) is 0 Å². The zero-order valence-electron chi connectivity index (χ0n) is 15.6. The minimum absolute atomic E-state index is 0.303. The van der Waals surface area contributed by atoms with E-state index in [4.69, 9.17) is 9.84 Å². The van der Waals surface area contributed by atoms with E-state index in [0.717, 1.165) is 31.7 Å². The molecule has 1 aliphatic carbocycles. The summed E-state index contributed by atoms with van der Waals surface area (Å²) < 4.78 is 5.34. The minimum atomic E-state index is -0.959. The molecule has 2 aromatic rings. The number of carboxylic acid groups (broad SMARTS) is 1. The van der Waals surface area contributed by atoms with Gasteiger partial charge in [-0.25, -0.2) is 4.79 Å². The number of aromatic nitrogens is 1. The second-order valence-corrected chi connectivity index (χ2v) is 6.94. The maximum atomic E-state index is 10.7. The second kappa shape index (κ2) is 8.17. The van der Waals surface area contributed by atoms with Gasteiger partial charge in [0.25, 0.3) is 0 Å². The maximum absolute atomic E-state index is 10.7. The first kappa shape index (κ1) is 18.1. The highest BCUT2D eigenvalue weighted by atomic mass is 16.5. The Kier molecular flexibility index (Phi) is 5.28. The van der Waals surface area contributed by atoms with Gasteiger partial charge in [0.15, 0.2) is 6.61 Å². The highest BCUT2D eigenvalue weighted by molar-refractivity contribution is 5.68. The van der Waals surface area contributed by atoms with Crippen LogP contribution in [0.2, 0.25) is 0 Å². The van der Waals surface area contributed by atoms with E-state index in [1.54, 1.807) is 0 Å². The van der Waals surface area contributed by atoms with E-state index < -0.39 is 5.97 Å². The third-order valence-electron chi connectivity index (χ3n) is 5.08. The molecule has 4 rings (SSSR count). The number of pyridine rings is 1. The van der Waals surface area contributed by atoms with E-state index in [-0.39, 0.29) is 6.61 Å². The van der Waals surface area contributed by atoms with Gasteiger partial charge in [-0.1, -0.05) is 24.3 Å². The third kappa shape index (κ3) is 4.17. The lowest BCUT2D eigenvalue weighted by Crippen LogP contribution is -2.45. The van der Waals surface area contributed by atoms with Crippen LogP contribution in [0, 0.1) is 0 Å². The van der Waals surface area contributed by atoms with Gasteiger partial charge >= 0.3 is 5.97 Å². The Morgan fingerprint density at radius 3 is 2.64 bits per heavy atom. The number of aliphatic carboxylic acids is 1. The zero-order chi connectivity index (χ0) is 19.3. The van der Waals surface area contributed by atoms with Crippen LogP contribution in [0.25, 0.3) is 12.3 Å². The Labute approximate surface area is 163 Å². The van der Waals surface area contributed by atoms with Crippen molar-refractivity contribution in [1.82, 2.24) is 9.88 Å². The smallest absolute Gasteiger partial charge is 0.341 e. The van der Waals surface area contributed by atoms with Gasteiger partial charge in [-0.3, -0.25) is 4.98 Å². The van der Waals surface area contributed by atoms with Gasteiger partial charge in [-0.2, -0.15) is 0 Å². The standard InChI is InChI=1S/C22H23N3O3/c26-22(27)16-28-20-4-5-21-17(14-20)2-1-3-18(21)15-24-10-12-25(13-11-24)19-6-8-23-9-7-19/h1-9,15H,10-14,16H2,(H,26,27). The van der Waals surface area contributed by atoms with E-state index in [0.29, 0.717) is 12.2 Å². The Balaban J connectivity index is 1.49. The fourth-order valence-corrected chi connectivity index (χ4v) is 3.64. The lowest BCUT2D eigenvalue weighted by Gasteiger charge is -2.35. The van der Waals surface area contributed by atoms with E-state index in [1.165, 1.54) is 16.1 Å². The van der Waals surface area contributed by atoms with Crippen LogP contribution in [0.1, 0.15) is 5.56 Å². The van der Waals surface area contributed by atoms with Crippen LogP contribution in [-0.4, -0.2) is 53.7 Å². The van der Waals surface area contributed by atoms with Crippen molar-refractivity contribution in [3.8, 4) is 0 Å². The molecule has 1 fully saturated rings. The highest BCUT2D eigenvalue weighted by Gasteiger charge is 2.15. The number of benzene rings is 1. The molecule has 0 unspecified atom stereocenters. The molecular weight excluding hydrogens is 354 g/mol. The first-order valence-corrected chi connectivity index (χ1v) is 9.43. The summed E-state index contributed by atoms with van der Waals surface area (Å²) in [4.78, 5) is 19.5. The van der Waals surface area contributed by atoms with Gasteiger partial charge in [-0.15, -0.1) is 0 Å². The zero-order valence-corrected chi connectivity index (χ0v) is 15.6. The van der Waals surface area contributed by atoms with Gasteiger partial charge in [0.2, 0.25) is 0 Å². The topological polar surface area (TPSA) is 65.9 Å². The molecule has 28 heavy (non-hydrogen) atoms. The molecule has 0 bridgehead atoms. The van der Waals surface area contributed by atoms with Crippen LogP contribution in [0.4, 0.5) is 5.69 Å². The summed E-state index contributed by atoms with van der Waals surface area (Å²) in [5.41, 5.74) is 2.38. The van der Waals surface area contributed by atoms with Crippen LogP contribution < -0.4 is 15.3 Å². The average Bonchev–Trinajstić information content (AvgIpc) is 2.73. The van der Waals surface area contributed by atoms with E-state index in [1.807, 2.05) is 30.6 Å². The van der Waals surface area contributed by atoms with Crippen molar-refractivity contribution in [3.05, 3.63) is 70.6 Å². The van der Waals surface area contributed by atoms with Crippen LogP contribution in [0.3, 0.4) is 0 Å². The molecule has 0 spiro atoms. The molecule has 2 heterocycles. The minimum Gasteiger partial charge on any atom is -0.486 e. The third-order valence-corrected chi connectivity index (χ3v) is 5.08. The van der Waals surface area contributed by atoms with Crippen molar-refractivity contribution in [2.24, 2.45) is 0 Å². The molecule has 1 aromatic carbocycles. The Morgan fingerprint density at radius 2 is 1.89 bits per heavy atom. The molecule has 1 aliphatic heterocycles. The van der Waals surface area contributed by atoms with Crippen LogP contribution in [0.15, 0.2) is 54.6 Å². The number of carbonyl (C=O) groups is 1. The number of hydrogen-bond donors (Lipinski definition) is 1. The predicted molar refractivity (Wildman–Crippen MR) is 108 cm³/mol. The second-order valence-electron chi connectivity index (χ2n) is 6.94. The van der Waals surface area contributed by atoms with Gasteiger partial charge < -0.3 is 19.6 Å².